The third-order valence-electron chi connectivity index (χ3n) is 1.94. The van der Waals surface area contributed by atoms with E-state index in [1.54, 1.807) is 14.2 Å². The molecule has 1 aliphatic carbocycles. The Kier molecular flexibility index (Phi) is 2.71. The van der Waals surface area contributed by atoms with Gasteiger partial charge in [0, 0.05) is 13.5 Å². The van der Waals surface area contributed by atoms with E-state index in [4.69, 9.17) is 9.47 Å². The molecule has 1 atom stereocenters. The van der Waals surface area contributed by atoms with E-state index in [2.05, 4.69) is 6.08 Å². The van der Waals surface area contributed by atoms with Gasteiger partial charge in [-0.05, 0) is 12.5 Å². The first-order valence-electron chi connectivity index (χ1n) is 3.72. The van der Waals surface area contributed by atoms with Crippen LogP contribution in [-0.2, 0) is 9.47 Å². The van der Waals surface area contributed by atoms with Crippen molar-refractivity contribution in [3.8, 4) is 0 Å². The van der Waals surface area contributed by atoms with Crippen LogP contribution in [0.1, 0.15) is 13.3 Å². The average molecular weight is 154 g/mol. The maximum Gasteiger partial charge on any atom is 0.101 e. The van der Waals surface area contributed by atoms with E-state index in [9.17, 15) is 0 Å². The molecule has 0 aliphatic heterocycles. The van der Waals surface area contributed by atoms with Crippen LogP contribution < -0.4 is 0 Å². The largest absolute Gasteiger partial charge is 0.501 e. The summed E-state index contributed by atoms with van der Waals surface area (Å²) in [5.41, 5.74) is 1.20. The van der Waals surface area contributed by atoms with Gasteiger partial charge in [0.25, 0.3) is 0 Å². The first-order chi connectivity index (χ1) is 5.27. The van der Waals surface area contributed by atoms with Gasteiger partial charge in [0.2, 0.25) is 0 Å². The van der Waals surface area contributed by atoms with E-state index >= 15 is 0 Å². The summed E-state index contributed by atoms with van der Waals surface area (Å²) in [6.07, 6.45) is 5.14. The first-order valence-corrected chi connectivity index (χ1v) is 3.72. The lowest BCUT2D eigenvalue weighted by Gasteiger charge is -2.18. The molecule has 2 nitrogen and oxygen atoms in total. The predicted molar refractivity (Wildman–Crippen MR) is 44.3 cm³/mol. The Hall–Kier alpha value is -0.760. The van der Waals surface area contributed by atoms with Crippen molar-refractivity contribution in [2.24, 2.45) is 0 Å². The van der Waals surface area contributed by atoms with E-state index < -0.39 is 0 Å². The minimum atomic E-state index is 0.189. The van der Waals surface area contributed by atoms with Gasteiger partial charge in [0.15, 0.2) is 0 Å². The molecular weight excluding hydrogens is 140 g/mol. The molecule has 0 bridgehead atoms. The Morgan fingerprint density at radius 2 is 2.18 bits per heavy atom. The van der Waals surface area contributed by atoms with Gasteiger partial charge < -0.3 is 9.47 Å². The van der Waals surface area contributed by atoms with Gasteiger partial charge in [-0.1, -0.05) is 12.2 Å². The number of allylic oxidation sites excluding steroid dienone is 2. The van der Waals surface area contributed by atoms with Crippen LogP contribution in [0.2, 0.25) is 0 Å². The predicted octanol–water partition coefficient (Wildman–Crippen LogP) is 1.88. The summed E-state index contributed by atoms with van der Waals surface area (Å²) < 4.78 is 10.4. The van der Waals surface area contributed by atoms with Crippen LogP contribution in [0.15, 0.2) is 23.5 Å². The minimum absolute atomic E-state index is 0.189. The zero-order valence-corrected chi connectivity index (χ0v) is 7.26. The summed E-state index contributed by atoms with van der Waals surface area (Å²) in [6.45, 7) is 2.04. The molecule has 1 unspecified atom stereocenters. The third kappa shape index (κ3) is 1.84. The molecule has 0 fully saturated rings. The summed E-state index contributed by atoms with van der Waals surface area (Å²) in [7, 11) is 3.41. The molecule has 0 aromatic heterocycles. The van der Waals surface area contributed by atoms with Crippen LogP contribution in [0, 0.1) is 0 Å². The van der Waals surface area contributed by atoms with Crippen molar-refractivity contribution in [1.29, 1.82) is 0 Å². The van der Waals surface area contributed by atoms with E-state index in [1.165, 1.54) is 5.57 Å². The van der Waals surface area contributed by atoms with E-state index in [0.717, 1.165) is 12.2 Å². The lowest BCUT2D eigenvalue weighted by Crippen LogP contribution is -2.12. The van der Waals surface area contributed by atoms with Gasteiger partial charge in [0.05, 0.1) is 13.2 Å². The second-order valence-electron chi connectivity index (χ2n) is 2.65. The maximum absolute atomic E-state index is 5.18. The zero-order chi connectivity index (χ0) is 8.27. The maximum atomic E-state index is 5.18. The molecular formula is C9H14O2. The van der Waals surface area contributed by atoms with Crippen molar-refractivity contribution in [2.45, 2.75) is 19.4 Å². The molecule has 0 aromatic rings. The summed E-state index contributed by atoms with van der Waals surface area (Å²) in [5.74, 6) is 1.03. The highest BCUT2D eigenvalue weighted by Crippen LogP contribution is 2.20. The van der Waals surface area contributed by atoms with Crippen LogP contribution in [0.4, 0.5) is 0 Å². The molecule has 0 saturated carbocycles. The molecule has 0 aromatic carbocycles. The lowest BCUT2D eigenvalue weighted by molar-refractivity contribution is 0.120. The fourth-order valence-corrected chi connectivity index (χ4v) is 1.16. The topological polar surface area (TPSA) is 18.5 Å². The van der Waals surface area contributed by atoms with Crippen molar-refractivity contribution >= 4 is 0 Å². The van der Waals surface area contributed by atoms with Crippen molar-refractivity contribution in [3.63, 3.8) is 0 Å². The number of methoxy groups -OCH3 is 2. The molecule has 0 N–H and O–H groups in total. The zero-order valence-electron chi connectivity index (χ0n) is 7.26. The second kappa shape index (κ2) is 3.58. The number of hydrogen-bond acceptors (Lipinski definition) is 2. The summed E-state index contributed by atoms with van der Waals surface area (Å²) >= 11 is 0. The standard InChI is InChI=1S/C9H14O2/c1-7-4-5-8(10-2)6-9(7)11-3/h4-5,8H,6H2,1-3H3. The van der Waals surface area contributed by atoms with Crippen molar-refractivity contribution in [3.05, 3.63) is 23.5 Å². The Morgan fingerprint density at radius 3 is 2.73 bits per heavy atom. The van der Waals surface area contributed by atoms with Crippen molar-refractivity contribution < 1.29 is 9.47 Å². The molecule has 1 aliphatic rings. The smallest absolute Gasteiger partial charge is 0.101 e. The monoisotopic (exact) mass is 154 g/mol. The highest BCUT2D eigenvalue weighted by molar-refractivity contribution is 5.26. The van der Waals surface area contributed by atoms with Crippen LogP contribution in [0.5, 0.6) is 0 Å². The van der Waals surface area contributed by atoms with Crippen molar-refractivity contribution in [2.75, 3.05) is 14.2 Å². The first kappa shape index (κ1) is 8.34. The average Bonchev–Trinajstić information content (AvgIpc) is 2.05. The molecule has 11 heavy (non-hydrogen) atoms. The van der Waals surface area contributed by atoms with Gasteiger partial charge in [-0.15, -0.1) is 0 Å². The molecule has 0 amide bonds. The SMILES string of the molecule is COC1=C(C)C=CC(OC)C1. The normalized spacial score (nSPS) is 24.1. The van der Waals surface area contributed by atoms with Crippen LogP contribution in [0.3, 0.4) is 0 Å². The van der Waals surface area contributed by atoms with Gasteiger partial charge >= 0.3 is 0 Å². The molecule has 62 valence electrons. The molecule has 1 rings (SSSR count). The van der Waals surface area contributed by atoms with Crippen molar-refractivity contribution in [1.82, 2.24) is 0 Å². The van der Waals surface area contributed by atoms with Crippen LogP contribution in [-0.4, -0.2) is 20.3 Å². The van der Waals surface area contributed by atoms with E-state index in [1.807, 2.05) is 13.0 Å². The van der Waals surface area contributed by atoms with E-state index in [0.29, 0.717) is 0 Å². The van der Waals surface area contributed by atoms with Gasteiger partial charge in [0.1, 0.15) is 5.76 Å². The molecule has 0 saturated heterocycles. The molecule has 0 heterocycles. The molecule has 0 spiro atoms. The third-order valence-corrected chi connectivity index (χ3v) is 1.94. The quantitative estimate of drug-likeness (QED) is 0.604. The van der Waals surface area contributed by atoms with Gasteiger partial charge in [-0.3, -0.25) is 0 Å². The summed E-state index contributed by atoms with van der Waals surface area (Å²) in [4.78, 5) is 0. The van der Waals surface area contributed by atoms with Gasteiger partial charge in [-0.2, -0.15) is 0 Å². The fourth-order valence-electron chi connectivity index (χ4n) is 1.16. The highest BCUT2D eigenvalue weighted by Gasteiger charge is 2.13. The number of rotatable bonds is 2. The number of hydrogen-bond donors (Lipinski definition) is 0. The lowest BCUT2D eigenvalue weighted by atomic mass is 10.0. The fraction of sp³-hybridized carbons (Fsp3) is 0.556. The second-order valence-corrected chi connectivity index (χ2v) is 2.65. The Balaban J connectivity index is 2.67. The Bertz CT molecular complexity index is 192. The Morgan fingerprint density at radius 1 is 1.45 bits per heavy atom. The number of ether oxygens (including phenoxy) is 2. The molecule has 0 radical (unpaired) electrons. The van der Waals surface area contributed by atoms with Crippen LogP contribution >= 0.6 is 0 Å². The minimum Gasteiger partial charge on any atom is -0.501 e. The van der Waals surface area contributed by atoms with Gasteiger partial charge in [-0.25, -0.2) is 0 Å². The highest BCUT2D eigenvalue weighted by atomic mass is 16.5. The summed E-state index contributed by atoms with van der Waals surface area (Å²) in [5, 5.41) is 0. The molecule has 2 heteroatoms. The van der Waals surface area contributed by atoms with Crippen LogP contribution in [0.25, 0.3) is 0 Å². The summed E-state index contributed by atoms with van der Waals surface area (Å²) in [6, 6.07) is 0. The van der Waals surface area contributed by atoms with E-state index in [-0.39, 0.29) is 6.10 Å². The Labute approximate surface area is 67.5 Å².